The Labute approximate surface area is 156 Å². The molecule has 3 heteroatoms. The molecule has 0 N–H and O–H groups in total. The fraction of sp³-hybridized carbons (Fsp3) is 0.174. The Morgan fingerprint density at radius 3 is 2.62 bits per heavy atom. The van der Waals surface area contributed by atoms with Gasteiger partial charge in [0.2, 0.25) is 0 Å². The molecule has 2 heterocycles. The number of carbonyl (C=O) groups is 1. The third-order valence-corrected chi connectivity index (χ3v) is 7.09. The SMILES string of the molecule is O=C1c2cccc3cccc(c23)[C@@]12C(c1ccccc1)=C[C@@H]1CSCN12. The second-order valence-electron chi connectivity index (χ2n) is 7.23. The summed E-state index contributed by atoms with van der Waals surface area (Å²) < 4.78 is 0. The molecule has 2 atom stereocenters. The Morgan fingerprint density at radius 1 is 0.962 bits per heavy atom. The van der Waals surface area contributed by atoms with Crippen LogP contribution in [0.15, 0.2) is 72.8 Å². The van der Waals surface area contributed by atoms with Crippen LogP contribution in [0.5, 0.6) is 0 Å². The van der Waals surface area contributed by atoms with Crippen molar-refractivity contribution in [3.8, 4) is 0 Å². The van der Waals surface area contributed by atoms with E-state index in [4.69, 9.17) is 0 Å². The van der Waals surface area contributed by atoms with Crippen molar-refractivity contribution in [3.05, 3.63) is 89.5 Å². The van der Waals surface area contributed by atoms with Crippen LogP contribution in [0.2, 0.25) is 0 Å². The molecular formula is C23H17NOS. The molecule has 1 fully saturated rings. The van der Waals surface area contributed by atoms with Crippen LogP contribution < -0.4 is 0 Å². The van der Waals surface area contributed by atoms with Gasteiger partial charge in [0.25, 0.3) is 0 Å². The number of benzene rings is 3. The molecule has 0 amide bonds. The van der Waals surface area contributed by atoms with Crippen LogP contribution in [0, 0.1) is 0 Å². The van der Waals surface area contributed by atoms with Crippen LogP contribution >= 0.6 is 11.8 Å². The van der Waals surface area contributed by atoms with Crippen LogP contribution in [0.25, 0.3) is 16.3 Å². The molecule has 0 unspecified atom stereocenters. The molecule has 3 aromatic rings. The van der Waals surface area contributed by atoms with E-state index in [9.17, 15) is 4.79 Å². The van der Waals surface area contributed by atoms with Crippen molar-refractivity contribution < 1.29 is 4.79 Å². The Bertz CT molecular complexity index is 1100. The van der Waals surface area contributed by atoms with E-state index in [1.54, 1.807) is 0 Å². The molecule has 0 saturated carbocycles. The summed E-state index contributed by atoms with van der Waals surface area (Å²) in [5.74, 6) is 2.19. The normalized spacial score (nSPS) is 26.7. The molecule has 0 aromatic heterocycles. The number of thioether (sulfide) groups is 1. The van der Waals surface area contributed by atoms with Gasteiger partial charge < -0.3 is 0 Å². The second-order valence-corrected chi connectivity index (χ2v) is 8.23. The highest BCUT2D eigenvalue weighted by Crippen LogP contribution is 2.57. The predicted octanol–water partition coefficient (Wildman–Crippen LogP) is 4.70. The first-order valence-corrected chi connectivity index (χ1v) is 10.2. The van der Waals surface area contributed by atoms with Gasteiger partial charge in [-0.2, -0.15) is 0 Å². The zero-order valence-electron chi connectivity index (χ0n) is 14.2. The minimum atomic E-state index is -0.668. The monoisotopic (exact) mass is 355 g/mol. The van der Waals surface area contributed by atoms with Crippen LogP contribution in [-0.2, 0) is 5.54 Å². The lowest BCUT2D eigenvalue weighted by atomic mass is 9.79. The number of hydrogen-bond acceptors (Lipinski definition) is 3. The first-order valence-electron chi connectivity index (χ1n) is 9.01. The first kappa shape index (κ1) is 14.8. The molecule has 1 aliphatic carbocycles. The summed E-state index contributed by atoms with van der Waals surface area (Å²) >= 11 is 1.92. The molecule has 126 valence electrons. The van der Waals surface area contributed by atoms with E-state index >= 15 is 0 Å². The second kappa shape index (κ2) is 5.09. The van der Waals surface area contributed by atoms with Gasteiger partial charge in [-0.3, -0.25) is 9.69 Å². The zero-order chi connectivity index (χ0) is 17.3. The van der Waals surface area contributed by atoms with Crippen LogP contribution in [0.1, 0.15) is 21.5 Å². The number of carbonyl (C=O) groups excluding carboxylic acids is 1. The molecule has 1 saturated heterocycles. The smallest absolute Gasteiger partial charge is 0.192 e. The van der Waals surface area contributed by atoms with Gasteiger partial charge in [-0.15, -0.1) is 11.8 Å². The third-order valence-electron chi connectivity index (χ3n) is 6.05. The quantitative estimate of drug-likeness (QED) is 0.631. The van der Waals surface area contributed by atoms with Crippen molar-refractivity contribution in [2.45, 2.75) is 11.6 Å². The highest BCUT2D eigenvalue weighted by molar-refractivity contribution is 7.99. The number of Topliss-reactive ketones (excluding diaryl/α,β-unsaturated/α-hetero) is 1. The summed E-state index contributed by atoms with van der Waals surface area (Å²) in [7, 11) is 0. The minimum Gasteiger partial charge on any atom is -0.291 e. The Morgan fingerprint density at radius 2 is 1.77 bits per heavy atom. The highest BCUT2D eigenvalue weighted by Gasteiger charge is 2.59. The van der Waals surface area contributed by atoms with Crippen LogP contribution in [0.4, 0.5) is 0 Å². The van der Waals surface area contributed by atoms with Gasteiger partial charge in [0.15, 0.2) is 5.78 Å². The van der Waals surface area contributed by atoms with Crippen molar-refractivity contribution in [3.63, 3.8) is 0 Å². The molecule has 0 radical (unpaired) electrons. The van der Waals surface area contributed by atoms with E-state index in [0.717, 1.165) is 44.7 Å². The van der Waals surface area contributed by atoms with E-state index < -0.39 is 5.54 Å². The molecule has 3 aliphatic rings. The van der Waals surface area contributed by atoms with Gasteiger partial charge in [0.05, 0.1) is 0 Å². The summed E-state index contributed by atoms with van der Waals surface area (Å²) in [6.45, 7) is 0. The zero-order valence-corrected chi connectivity index (χ0v) is 15.0. The maximum absolute atomic E-state index is 13.9. The topological polar surface area (TPSA) is 20.3 Å². The van der Waals surface area contributed by atoms with Crippen LogP contribution in [-0.4, -0.2) is 28.4 Å². The fourth-order valence-electron chi connectivity index (χ4n) is 5.03. The maximum Gasteiger partial charge on any atom is 0.192 e. The van der Waals surface area contributed by atoms with Crippen LogP contribution in [0.3, 0.4) is 0 Å². The van der Waals surface area contributed by atoms with Crippen molar-refractivity contribution in [2.24, 2.45) is 0 Å². The summed E-state index contributed by atoms with van der Waals surface area (Å²) in [5, 5.41) is 2.30. The lowest BCUT2D eigenvalue weighted by Crippen LogP contribution is -2.48. The summed E-state index contributed by atoms with van der Waals surface area (Å²) in [5.41, 5.74) is 3.69. The first-order chi connectivity index (χ1) is 12.8. The number of hydrogen-bond donors (Lipinski definition) is 0. The summed E-state index contributed by atoms with van der Waals surface area (Å²) in [4.78, 5) is 16.4. The van der Waals surface area contributed by atoms with Crippen molar-refractivity contribution in [2.75, 3.05) is 11.6 Å². The van der Waals surface area contributed by atoms with Crippen molar-refractivity contribution >= 4 is 33.9 Å². The maximum atomic E-state index is 13.9. The number of nitrogens with zero attached hydrogens (tertiary/aromatic N) is 1. The Kier molecular flexibility index (Phi) is 2.89. The van der Waals surface area contributed by atoms with E-state index in [0.29, 0.717) is 6.04 Å². The average Bonchev–Trinajstić information content (AvgIpc) is 3.34. The minimum absolute atomic E-state index is 0.240. The Balaban J connectivity index is 1.72. The standard InChI is InChI=1S/C23H17NOS/c25-22-18-10-4-8-16-9-5-11-19(21(16)18)23(22)20(15-6-2-1-3-7-15)12-17-13-26-14-24(17)23/h1-12,17H,13-14H2/t17-,23-/m1/s1. The van der Waals surface area contributed by atoms with Gasteiger partial charge in [-0.25, -0.2) is 0 Å². The lowest BCUT2D eigenvalue weighted by Gasteiger charge is -2.37. The van der Waals surface area contributed by atoms with Gasteiger partial charge in [0, 0.05) is 23.2 Å². The van der Waals surface area contributed by atoms with E-state index in [1.807, 2.05) is 30.0 Å². The number of ketones is 1. The number of rotatable bonds is 1. The Hall–Kier alpha value is -2.36. The predicted molar refractivity (Wildman–Crippen MR) is 107 cm³/mol. The van der Waals surface area contributed by atoms with Gasteiger partial charge in [-0.05, 0) is 27.5 Å². The molecule has 6 rings (SSSR count). The molecular weight excluding hydrogens is 338 g/mol. The lowest BCUT2D eigenvalue weighted by molar-refractivity contribution is 0.0763. The van der Waals surface area contributed by atoms with Gasteiger partial charge >= 0.3 is 0 Å². The molecule has 26 heavy (non-hydrogen) atoms. The molecule has 0 bridgehead atoms. The van der Waals surface area contributed by atoms with E-state index in [2.05, 4.69) is 59.5 Å². The molecule has 2 nitrogen and oxygen atoms in total. The summed E-state index contributed by atoms with van der Waals surface area (Å²) in [6, 6.07) is 23.3. The third kappa shape index (κ3) is 1.61. The molecule has 2 aliphatic heterocycles. The van der Waals surface area contributed by atoms with Gasteiger partial charge in [-0.1, -0.05) is 72.8 Å². The van der Waals surface area contributed by atoms with Crippen molar-refractivity contribution in [1.82, 2.24) is 4.90 Å². The van der Waals surface area contributed by atoms with Gasteiger partial charge in [0.1, 0.15) is 5.54 Å². The summed E-state index contributed by atoms with van der Waals surface area (Å²) in [6.07, 6.45) is 2.35. The largest absolute Gasteiger partial charge is 0.291 e. The van der Waals surface area contributed by atoms with E-state index in [-0.39, 0.29) is 5.78 Å². The highest BCUT2D eigenvalue weighted by atomic mass is 32.2. The van der Waals surface area contributed by atoms with Crippen molar-refractivity contribution in [1.29, 1.82) is 0 Å². The average molecular weight is 355 g/mol. The fourth-order valence-corrected chi connectivity index (χ4v) is 6.24. The molecule has 3 aromatic carbocycles. The number of fused-ring (bicyclic) bond motifs is 3. The molecule has 1 spiro atoms. The van der Waals surface area contributed by atoms with E-state index in [1.165, 1.54) is 0 Å².